The Bertz CT molecular complexity index is 411. The molecule has 6 heteroatoms. The summed E-state index contributed by atoms with van der Waals surface area (Å²) >= 11 is 1.75. The number of amides is 1. The normalized spacial score (nSPS) is 17.6. The fraction of sp³-hybridized carbons (Fsp3) is 0.462. The van der Waals surface area contributed by atoms with E-state index in [4.69, 9.17) is 4.74 Å². The van der Waals surface area contributed by atoms with Crippen molar-refractivity contribution in [2.24, 2.45) is 0 Å². The Hall–Kier alpha value is -0.910. The molecule has 1 aromatic carbocycles. The molecular weight excluding hydrogens is 284 g/mol. The second kappa shape index (κ2) is 8.30. The first-order chi connectivity index (χ1) is 8.79. The Balaban J connectivity index is 0.00000180. The van der Waals surface area contributed by atoms with Crippen LogP contribution in [0.25, 0.3) is 0 Å². The van der Waals surface area contributed by atoms with E-state index in [1.165, 1.54) is 0 Å². The van der Waals surface area contributed by atoms with Gasteiger partial charge < -0.3 is 10.1 Å². The van der Waals surface area contributed by atoms with E-state index in [9.17, 15) is 4.79 Å². The lowest BCUT2D eigenvalue weighted by molar-refractivity contribution is -0.122. The number of nitrogens with one attached hydrogen (secondary N) is 2. The van der Waals surface area contributed by atoms with Crippen LogP contribution in [0.3, 0.4) is 0 Å². The molecule has 1 aliphatic heterocycles. The molecule has 4 nitrogen and oxygen atoms in total. The molecule has 1 atom stereocenters. The van der Waals surface area contributed by atoms with E-state index in [1.807, 2.05) is 31.2 Å². The highest BCUT2D eigenvalue weighted by Gasteiger charge is 2.21. The lowest BCUT2D eigenvalue weighted by Gasteiger charge is -2.11. The van der Waals surface area contributed by atoms with Gasteiger partial charge in [-0.1, -0.05) is 12.1 Å². The van der Waals surface area contributed by atoms with E-state index in [1.54, 1.807) is 11.8 Å². The highest BCUT2D eigenvalue weighted by molar-refractivity contribution is 7.99. The number of ether oxygens (including phenoxy) is 1. The minimum absolute atomic E-state index is 0. The topological polar surface area (TPSA) is 50.4 Å². The van der Waals surface area contributed by atoms with Gasteiger partial charge in [0.15, 0.2) is 0 Å². The number of hydrogen-bond donors (Lipinski definition) is 2. The summed E-state index contributed by atoms with van der Waals surface area (Å²) in [5, 5.41) is 6.09. The first kappa shape index (κ1) is 16.1. The maximum Gasteiger partial charge on any atom is 0.238 e. The number of carbonyl (C=O) groups is 1. The maximum absolute atomic E-state index is 11.8. The summed E-state index contributed by atoms with van der Waals surface area (Å²) in [7, 11) is 0. The molecule has 1 saturated heterocycles. The number of hydrogen-bond acceptors (Lipinski definition) is 4. The van der Waals surface area contributed by atoms with Crippen molar-refractivity contribution in [3.8, 4) is 5.75 Å². The molecule has 0 bridgehead atoms. The van der Waals surface area contributed by atoms with Crippen LogP contribution in [0.1, 0.15) is 12.5 Å². The molecule has 1 fully saturated rings. The SMILES string of the molecule is CCOc1cccc(CNC(=O)C2CSCN2)c1.Cl. The van der Waals surface area contributed by atoms with Gasteiger partial charge in [-0.15, -0.1) is 24.2 Å². The van der Waals surface area contributed by atoms with Gasteiger partial charge in [0.1, 0.15) is 5.75 Å². The molecule has 106 valence electrons. The molecule has 0 radical (unpaired) electrons. The van der Waals surface area contributed by atoms with Crippen LogP contribution in [0.15, 0.2) is 24.3 Å². The zero-order valence-electron chi connectivity index (χ0n) is 10.8. The minimum Gasteiger partial charge on any atom is -0.494 e. The summed E-state index contributed by atoms with van der Waals surface area (Å²) in [5.74, 6) is 2.63. The van der Waals surface area contributed by atoms with Crippen molar-refractivity contribution in [2.45, 2.75) is 19.5 Å². The molecule has 19 heavy (non-hydrogen) atoms. The molecule has 2 N–H and O–H groups in total. The first-order valence-electron chi connectivity index (χ1n) is 6.10. The van der Waals surface area contributed by atoms with Gasteiger partial charge in [-0.25, -0.2) is 0 Å². The highest BCUT2D eigenvalue weighted by Crippen LogP contribution is 2.13. The van der Waals surface area contributed by atoms with Crippen LogP contribution in [0, 0.1) is 0 Å². The number of carbonyl (C=O) groups excluding carboxylic acids is 1. The molecule has 0 aliphatic carbocycles. The van der Waals surface area contributed by atoms with E-state index < -0.39 is 0 Å². The first-order valence-corrected chi connectivity index (χ1v) is 7.25. The van der Waals surface area contributed by atoms with E-state index in [2.05, 4.69) is 10.6 Å². The van der Waals surface area contributed by atoms with Crippen LogP contribution in [0.4, 0.5) is 0 Å². The summed E-state index contributed by atoms with van der Waals surface area (Å²) in [6.07, 6.45) is 0. The van der Waals surface area contributed by atoms with Gasteiger partial charge in [-0.05, 0) is 24.6 Å². The molecule has 1 heterocycles. The van der Waals surface area contributed by atoms with Crippen LogP contribution < -0.4 is 15.4 Å². The van der Waals surface area contributed by atoms with E-state index in [0.29, 0.717) is 13.2 Å². The third kappa shape index (κ3) is 4.93. The third-order valence-electron chi connectivity index (χ3n) is 2.71. The fourth-order valence-corrected chi connectivity index (χ4v) is 2.73. The maximum atomic E-state index is 11.8. The Morgan fingerprint density at radius 1 is 1.58 bits per heavy atom. The van der Waals surface area contributed by atoms with Crippen molar-refractivity contribution in [3.05, 3.63) is 29.8 Å². The molecular formula is C13H19ClN2O2S. The summed E-state index contributed by atoms with van der Waals surface area (Å²) < 4.78 is 5.42. The van der Waals surface area contributed by atoms with Crippen LogP contribution in [0.5, 0.6) is 5.75 Å². The Morgan fingerprint density at radius 2 is 2.42 bits per heavy atom. The van der Waals surface area contributed by atoms with Crippen molar-refractivity contribution >= 4 is 30.1 Å². The van der Waals surface area contributed by atoms with Crippen LogP contribution >= 0.6 is 24.2 Å². The quantitative estimate of drug-likeness (QED) is 0.871. The average Bonchev–Trinajstić information content (AvgIpc) is 2.91. The zero-order chi connectivity index (χ0) is 12.8. The van der Waals surface area contributed by atoms with Gasteiger partial charge in [0.05, 0.1) is 12.6 Å². The Morgan fingerprint density at radius 3 is 3.11 bits per heavy atom. The van der Waals surface area contributed by atoms with Crippen molar-refractivity contribution in [1.82, 2.24) is 10.6 Å². The fourth-order valence-electron chi connectivity index (χ4n) is 1.79. The third-order valence-corrected chi connectivity index (χ3v) is 3.65. The lowest BCUT2D eigenvalue weighted by Crippen LogP contribution is -2.41. The predicted octanol–water partition coefficient (Wildman–Crippen LogP) is 1.79. The number of thioether (sulfide) groups is 1. The minimum atomic E-state index is -0.0509. The summed E-state index contributed by atoms with van der Waals surface area (Å²) in [6, 6.07) is 7.76. The highest BCUT2D eigenvalue weighted by atomic mass is 35.5. The van der Waals surface area contributed by atoms with Crippen molar-refractivity contribution in [3.63, 3.8) is 0 Å². The van der Waals surface area contributed by atoms with Gasteiger partial charge in [-0.3, -0.25) is 10.1 Å². The van der Waals surface area contributed by atoms with Gasteiger partial charge in [0.25, 0.3) is 0 Å². The van der Waals surface area contributed by atoms with E-state index in [0.717, 1.165) is 22.9 Å². The number of halogens is 1. The Labute approximate surface area is 124 Å². The summed E-state index contributed by atoms with van der Waals surface area (Å²) in [5.41, 5.74) is 1.06. The molecule has 1 unspecified atom stereocenters. The summed E-state index contributed by atoms with van der Waals surface area (Å²) in [4.78, 5) is 11.8. The van der Waals surface area contributed by atoms with Crippen LogP contribution in [0.2, 0.25) is 0 Å². The van der Waals surface area contributed by atoms with Crippen LogP contribution in [-0.2, 0) is 11.3 Å². The average molecular weight is 303 g/mol. The van der Waals surface area contributed by atoms with Crippen LogP contribution in [-0.4, -0.2) is 30.2 Å². The van der Waals surface area contributed by atoms with Gasteiger partial charge in [0.2, 0.25) is 5.91 Å². The molecule has 0 spiro atoms. The number of benzene rings is 1. The number of rotatable bonds is 5. The van der Waals surface area contributed by atoms with E-state index >= 15 is 0 Å². The van der Waals surface area contributed by atoms with Crippen molar-refractivity contribution in [1.29, 1.82) is 0 Å². The molecule has 1 aromatic rings. The monoisotopic (exact) mass is 302 g/mol. The second-order valence-electron chi connectivity index (χ2n) is 4.07. The van der Waals surface area contributed by atoms with Crippen molar-refractivity contribution in [2.75, 3.05) is 18.2 Å². The largest absolute Gasteiger partial charge is 0.494 e. The molecule has 1 amide bonds. The second-order valence-corrected chi connectivity index (χ2v) is 5.10. The zero-order valence-corrected chi connectivity index (χ0v) is 12.5. The van der Waals surface area contributed by atoms with Gasteiger partial charge in [-0.2, -0.15) is 0 Å². The summed E-state index contributed by atoms with van der Waals surface area (Å²) in [6.45, 7) is 3.15. The Kier molecular flexibility index (Phi) is 7.05. The standard InChI is InChI=1S/C13H18N2O2S.ClH/c1-2-17-11-5-3-4-10(6-11)7-14-13(16)12-8-18-9-15-12;/h3-6,12,15H,2,7-9H2,1H3,(H,14,16);1H. The van der Waals surface area contributed by atoms with Crippen molar-refractivity contribution < 1.29 is 9.53 Å². The van der Waals surface area contributed by atoms with E-state index in [-0.39, 0.29) is 24.4 Å². The molecule has 0 saturated carbocycles. The lowest BCUT2D eigenvalue weighted by atomic mass is 10.2. The molecule has 2 rings (SSSR count). The molecule has 0 aromatic heterocycles. The molecule has 1 aliphatic rings. The smallest absolute Gasteiger partial charge is 0.238 e. The predicted molar refractivity (Wildman–Crippen MR) is 81.0 cm³/mol. The van der Waals surface area contributed by atoms with Gasteiger partial charge in [0, 0.05) is 18.2 Å². The van der Waals surface area contributed by atoms with Gasteiger partial charge >= 0.3 is 0 Å².